The zero-order chi connectivity index (χ0) is 11.5. The molecule has 1 saturated heterocycles. The number of aromatic nitrogens is 1. The zero-order valence-electron chi connectivity index (χ0n) is 10.0. The molecule has 2 rings (SSSR count). The first-order valence-corrected chi connectivity index (χ1v) is 6.70. The molecule has 90 valence electrons. The van der Waals surface area contributed by atoms with Crippen molar-refractivity contribution < 1.29 is 0 Å². The monoisotopic (exact) mass is 240 g/mol. The first-order chi connectivity index (χ1) is 7.74. The highest BCUT2D eigenvalue weighted by Crippen LogP contribution is 2.24. The number of hydrogen-bond donors (Lipinski definition) is 1. The Hall–Kier alpha value is -0.650. The number of piperazine rings is 1. The molecule has 1 aliphatic rings. The van der Waals surface area contributed by atoms with E-state index in [0.29, 0.717) is 12.6 Å². The lowest BCUT2D eigenvalue weighted by Gasteiger charge is -2.39. The van der Waals surface area contributed by atoms with E-state index in [9.17, 15) is 0 Å². The fourth-order valence-electron chi connectivity index (χ4n) is 2.18. The van der Waals surface area contributed by atoms with Crippen molar-refractivity contribution >= 4 is 16.5 Å². The van der Waals surface area contributed by atoms with Crippen LogP contribution in [0.25, 0.3) is 0 Å². The second kappa shape index (κ2) is 5.12. The fraction of sp³-hybridized carbons (Fsp3) is 0.727. The van der Waals surface area contributed by atoms with Gasteiger partial charge in [0, 0.05) is 43.3 Å². The topological polar surface area (TPSA) is 45.4 Å². The van der Waals surface area contributed by atoms with Crippen LogP contribution in [0.4, 0.5) is 5.13 Å². The van der Waals surface area contributed by atoms with Gasteiger partial charge in [0.25, 0.3) is 0 Å². The van der Waals surface area contributed by atoms with Gasteiger partial charge < -0.3 is 10.6 Å². The molecule has 0 aromatic carbocycles. The van der Waals surface area contributed by atoms with Crippen LogP contribution in [-0.4, -0.2) is 42.1 Å². The molecule has 1 atom stereocenters. The molecule has 4 nitrogen and oxygen atoms in total. The van der Waals surface area contributed by atoms with Crippen molar-refractivity contribution in [1.82, 2.24) is 9.88 Å². The molecule has 0 bridgehead atoms. The molecule has 2 N–H and O–H groups in total. The van der Waals surface area contributed by atoms with Crippen LogP contribution in [-0.2, 0) is 6.54 Å². The lowest BCUT2D eigenvalue weighted by Crippen LogP contribution is -2.51. The van der Waals surface area contributed by atoms with Gasteiger partial charge in [0.15, 0.2) is 5.13 Å². The minimum atomic E-state index is 0.599. The Bertz CT molecular complexity index is 338. The van der Waals surface area contributed by atoms with Crippen molar-refractivity contribution in [3.63, 3.8) is 0 Å². The molecule has 1 aromatic heterocycles. The third kappa shape index (κ3) is 2.36. The van der Waals surface area contributed by atoms with E-state index >= 15 is 0 Å². The number of nitrogens with two attached hydrogens (primary N) is 1. The molecule has 1 unspecified atom stereocenters. The van der Waals surface area contributed by atoms with Gasteiger partial charge in [0.2, 0.25) is 0 Å². The highest BCUT2D eigenvalue weighted by atomic mass is 32.1. The maximum Gasteiger partial charge on any atom is 0.185 e. The molecule has 0 radical (unpaired) electrons. The molecular weight excluding hydrogens is 220 g/mol. The lowest BCUT2D eigenvalue weighted by atomic mass is 10.2. The van der Waals surface area contributed by atoms with Crippen LogP contribution in [0.5, 0.6) is 0 Å². The average molecular weight is 240 g/mol. The van der Waals surface area contributed by atoms with Gasteiger partial charge in [-0.25, -0.2) is 4.98 Å². The standard InChI is InChI=1S/C11H20N4S/c1-3-14-4-5-15(8-9(14)2)11-13-7-10(6-12)16-11/h7,9H,3-6,8,12H2,1-2H3. The smallest absolute Gasteiger partial charge is 0.185 e. The normalized spacial score (nSPS) is 22.7. The lowest BCUT2D eigenvalue weighted by molar-refractivity contribution is 0.199. The van der Waals surface area contributed by atoms with Crippen LogP contribution >= 0.6 is 11.3 Å². The third-order valence-electron chi connectivity index (χ3n) is 3.18. The molecule has 0 spiro atoms. The maximum atomic E-state index is 5.61. The van der Waals surface area contributed by atoms with Gasteiger partial charge in [0.05, 0.1) is 0 Å². The molecular formula is C11H20N4S. The molecule has 5 heteroatoms. The highest BCUT2D eigenvalue weighted by Gasteiger charge is 2.23. The van der Waals surface area contributed by atoms with E-state index in [1.807, 2.05) is 6.20 Å². The molecule has 0 aliphatic carbocycles. The second-order valence-electron chi connectivity index (χ2n) is 4.24. The second-order valence-corrected chi connectivity index (χ2v) is 5.33. The first kappa shape index (κ1) is 11.8. The van der Waals surface area contributed by atoms with Crippen LogP contribution in [0.2, 0.25) is 0 Å². The van der Waals surface area contributed by atoms with Gasteiger partial charge in [-0.3, -0.25) is 4.90 Å². The summed E-state index contributed by atoms with van der Waals surface area (Å²) in [5.74, 6) is 0. The molecule has 1 aliphatic heterocycles. The summed E-state index contributed by atoms with van der Waals surface area (Å²) in [6, 6.07) is 0.615. The van der Waals surface area contributed by atoms with Crippen LogP contribution in [0.15, 0.2) is 6.20 Å². The first-order valence-electron chi connectivity index (χ1n) is 5.88. The predicted molar refractivity (Wildman–Crippen MR) is 68.9 cm³/mol. The Labute approximate surface area is 101 Å². The van der Waals surface area contributed by atoms with Crippen molar-refractivity contribution in [3.05, 3.63) is 11.1 Å². The van der Waals surface area contributed by atoms with E-state index in [1.54, 1.807) is 11.3 Å². The van der Waals surface area contributed by atoms with Gasteiger partial charge in [-0.2, -0.15) is 0 Å². The molecule has 16 heavy (non-hydrogen) atoms. The van der Waals surface area contributed by atoms with E-state index in [1.165, 1.54) is 4.88 Å². The quantitative estimate of drug-likeness (QED) is 0.860. The summed E-state index contributed by atoms with van der Waals surface area (Å²) in [6.07, 6.45) is 1.90. The minimum absolute atomic E-state index is 0.599. The Morgan fingerprint density at radius 2 is 2.38 bits per heavy atom. The summed E-state index contributed by atoms with van der Waals surface area (Å²) in [7, 11) is 0. The summed E-state index contributed by atoms with van der Waals surface area (Å²) >= 11 is 1.72. The number of rotatable bonds is 3. The van der Waals surface area contributed by atoms with Gasteiger partial charge in [-0.05, 0) is 13.5 Å². The Balaban J connectivity index is 2.01. The third-order valence-corrected chi connectivity index (χ3v) is 4.26. The zero-order valence-corrected chi connectivity index (χ0v) is 10.8. The van der Waals surface area contributed by atoms with E-state index < -0.39 is 0 Å². The summed E-state index contributed by atoms with van der Waals surface area (Å²) in [6.45, 7) is 9.54. The number of hydrogen-bond acceptors (Lipinski definition) is 5. The van der Waals surface area contributed by atoms with Gasteiger partial charge >= 0.3 is 0 Å². The molecule has 0 saturated carbocycles. The molecule has 1 aromatic rings. The number of nitrogens with zero attached hydrogens (tertiary/aromatic N) is 3. The van der Waals surface area contributed by atoms with E-state index in [0.717, 1.165) is 31.3 Å². The van der Waals surface area contributed by atoms with Crippen molar-refractivity contribution in [2.45, 2.75) is 26.4 Å². The Kier molecular flexibility index (Phi) is 3.78. The van der Waals surface area contributed by atoms with Crippen LogP contribution in [0, 0.1) is 0 Å². The summed E-state index contributed by atoms with van der Waals surface area (Å²) < 4.78 is 0. The van der Waals surface area contributed by atoms with Crippen LogP contribution in [0.1, 0.15) is 18.7 Å². The van der Waals surface area contributed by atoms with Crippen molar-refractivity contribution in [2.75, 3.05) is 31.1 Å². The van der Waals surface area contributed by atoms with E-state index in [2.05, 4.69) is 28.6 Å². The Morgan fingerprint density at radius 1 is 1.56 bits per heavy atom. The number of thiazole rings is 1. The Morgan fingerprint density at radius 3 is 2.94 bits per heavy atom. The van der Waals surface area contributed by atoms with Crippen LogP contribution < -0.4 is 10.6 Å². The largest absolute Gasteiger partial charge is 0.345 e. The number of anilines is 1. The van der Waals surface area contributed by atoms with Gasteiger partial charge in [0.1, 0.15) is 0 Å². The predicted octanol–water partition coefficient (Wildman–Crippen LogP) is 1.13. The van der Waals surface area contributed by atoms with Crippen molar-refractivity contribution in [1.29, 1.82) is 0 Å². The highest BCUT2D eigenvalue weighted by molar-refractivity contribution is 7.15. The van der Waals surface area contributed by atoms with Crippen molar-refractivity contribution in [3.8, 4) is 0 Å². The molecule has 1 fully saturated rings. The molecule has 0 amide bonds. The molecule has 2 heterocycles. The summed E-state index contributed by atoms with van der Waals surface area (Å²) in [5.41, 5.74) is 5.61. The fourth-order valence-corrected chi connectivity index (χ4v) is 3.00. The van der Waals surface area contributed by atoms with E-state index in [4.69, 9.17) is 5.73 Å². The van der Waals surface area contributed by atoms with Crippen LogP contribution in [0.3, 0.4) is 0 Å². The van der Waals surface area contributed by atoms with Crippen molar-refractivity contribution in [2.24, 2.45) is 5.73 Å². The van der Waals surface area contributed by atoms with Gasteiger partial charge in [-0.1, -0.05) is 6.92 Å². The summed E-state index contributed by atoms with van der Waals surface area (Å²) in [4.78, 5) is 10.5. The average Bonchev–Trinajstić information content (AvgIpc) is 2.77. The minimum Gasteiger partial charge on any atom is -0.345 e. The number of likely N-dealkylation sites (N-methyl/N-ethyl adjacent to an activating group) is 1. The maximum absolute atomic E-state index is 5.61. The SMILES string of the molecule is CCN1CCN(c2ncc(CN)s2)CC1C. The van der Waals surface area contributed by atoms with E-state index in [-0.39, 0.29) is 0 Å². The summed E-state index contributed by atoms with van der Waals surface area (Å²) in [5, 5.41) is 1.13. The van der Waals surface area contributed by atoms with Gasteiger partial charge in [-0.15, -0.1) is 11.3 Å².